The lowest BCUT2D eigenvalue weighted by atomic mass is 10.1. The third kappa shape index (κ3) is 7.02. The summed E-state index contributed by atoms with van der Waals surface area (Å²) < 4.78 is 5.04. The van der Waals surface area contributed by atoms with Gasteiger partial charge in [0.05, 0.1) is 25.1 Å². The number of anilines is 1. The zero-order valence-electron chi connectivity index (χ0n) is 17.9. The molecule has 0 saturated carbocycles. The number of esters is 1. The Kier molecular flexibility index (Phi) is 8.83. The summed E-state index contributed by atoms with van der Waals surface area (Å²) in [7, 11) is 0. The molecule has 170 valence electrons. The largest absolute Gasteiger partial charge is 0.462 e. The second-order valence-corrected chi connectivity index (χ2v) is 8.34. The predicted molar refractivity (Wildman–Crippen MR) is 136 cm³/mol. The molecule has 0 aromatic heterocycles. The third-order valence-corrected chi connectivity index (χ3v) is 5.64. The van der Waals surface area contributed by atoms with E-state index in [1.807, 2.05) is 30.3 Å². The Bertz CT molecular complexity index is 1140. The number of amides is 1. The molecule has 1 amide bonds. The Balaban J connectivity index is 1.83. The SMILES string of the molecule is CCOC(=O)c1ccc(N(Cc2ccc(Cl)cc2Cl)C(=S)NC(=O)Cc2ccccc2)cc1. The minimum absolute atomic E-state index is 0.193. The van der Waals surface area contributed by atoms with Gasteiger partial charge in [0.1, 0.15) is 0 Å². The van der Waals surface area contributed by atoms with E-state index >= 15 is 0 Å². The lowest BCUT2D eigenvalue weighted by Crippen LogP contribution is -2.43. The van der Waals surface area contributed by atoms with E-state index in [0.29, 0.717) is 34.4 Å². The molecule has 0 aliphatic heterocycles. The first-order valence-electron chi connectivity index (χ1n) is 10.2. The van der Waals surface area contributed by atoms with E-state index in [0.717, 1.165) is 11.1 Å². The molecule has 0 atom stereocenters. The summed E-state index contributed by atoms with van der Waals surface area (Å²) in [5.74, 6) is -0.642. The van der Waals surface area contributed by atoms with E-state index in [1.165, 1.54) is 0 Å². The topological polar surface area (TPSA) is 58.6 Å². The Morgan fingerprint density at radius 1 is 1.00 bits per heavy atom. The Morgan fingerprint density at radius 3 is 2.33 bits per heavy atom. The maximum absolute atomic E-state index is 12.6. The summed E-state index contributed by atoms with van der Waals surface area (Å²) in [6.07, 6.45) is 0.193. The summed E-state index contributed by atoms with van der Waals surface area (Å²) in [6, 6.07) is 21.4. The lowest BCUT2D eigenvalue weighted by molar-refractivity contribution is -0.119. The fraction of sp³-hybridized carbons (Fsp3) is 0.160. The van der Waals surface area contributed by atoms with Crippen LogP contribution in [-0.4, -0.2) is 23.6 Å². The number of ether oxygens (including phenoxy) is 1. The van der Waals surface area contributed by atoms with Crippen molar-refractivity contribution in [2.24, 2.45) is 0 Å². The summed E-state index contributed by atoms with van der Waals surface area (Å²) >= 11 is 18.0. The number of rotatable bonds is 7. The summed E-state index contributed by atoms with van der Waals surface area (Å²) in [5.41, 5.74) is 2.75. The van der Waals surface area contributed by atoms with Crippen molar-refractivity contribution in [1.29, 1.82) is 0 Å². The minimum Gasteiger partial charge on any atom is -0.462 e. The summed E-state index contributed by atoms with van der Waals surface area (Å²) in [4.78, 5) is 26.3. The van der Waals surface area contributed by atoms with Crippen LogP contribution in [0.25, 0.3) is 0 Å². The molecule has 3 rings (SSSR count). The van der Waals surface area contributed by atoms with Gasteiger partial charge in [-0.2, -0.15) is 0 Å². The molecule has 33 heavy (non-hydrogen) atoms. The highest BCUT2D eigenvalue weighted by atomic mass is 35.5. The first kappa shape index (κ1) is 24.7. The van der Waals surface area contributed by atoms with Gasteiger partial charge in [-0.25, -0.2) is 4.79 Å². The van der Waals surface area contributed by atoms with Crippen molar-refractivity contribution in [3.05, 3.63) is 99.5 Å². The minimum atomic E-state index is -0.407. The van der Waals surface area contributed by atoms with Gasteiger partial charge < -0.3 is 15.0 Å². The molecule has 0 heterocycles. The third-order valence-electron chi connectivity index (χ3n) is 4.73. The van der Waals surface area contributed by atoms with Crippen molar-refractivity contribution >= 4 is 58.1 Å². The standard InChI is InChI=1S/C25H22Cl2N2O3S/c1-2-32-24(31)18-9-12-21(13-10-18)29(16-19-8-11-20(26)15-22(19)27)25(33)28-23(30)14-17-6-4-3-5-7-17/h3-13,15H,2,14,16H2,1H3,(H,28,30,33). The summed E-state index contributed by atoms with van der Waals surface area (Å²) in [5, 5.41) is 4.01. The Hall–Kier alpha value is -2.93. The fourth-order valence-electron chi connectivity index (χ4n) is 3.10. The van der Waals surface area contributed by atoms with Crippen molar-refractivity contribution in [1.82, 2.24) is 5.32 Å². The highest BCUT2D eigenvalue weighted by Gasteiger charge is 2.18. The first-order chi connectivity index (χ1) is 15.9. The molecule has 0 aliphatic carbocycles. The molecule has 3 aromatic rings. The van der Waals surface area contributed by atoms with E-state index in [2.05, 4.69) is 5.32 Å². The highest BCUT2D eigenvalue weighted by Crippen LogP contribution is 2.25. The molecule has 3 aromatic carbocycles. The molecule has 1 N–H and O–H groups in total. The van der Waals surface area contributed by atoms with Gasteiger partial charge in [0.15, 0.2) is 5.11 Å². The quantitative estimate of drug-likeness (QED) is 0.327. The molecule has 0 fully saturated rings. The number of nitrogens with zero attached hydrogens (tertiary/aromatic N) is 1. The number of halogens is 2. The van der Waals surface area contributed by atoms with Gasteiger partial charge in [0, 0.05) is 15.7 Å². The predicted octanol–water partition coefficient (Wildman–Crippen LogP) is 5.82. The van der Waals surface area contributed by atoms with Gasteiger partial charge in [0.2, 0.25) is 5.91 Å². The van der Waals surface area contributed by atoms with Crippen molar-refractivity contribution in [3.63, 3.8) is 0 Å². The van der Waals surface area contributed by atoms with E-state index in [-0.39, 0.29) is 17.4 Å². The van der Waals surface area contributed by atoms with Crippen molar-refractivity contribution in [2.45, 2.75) is 19.9 Å². The highest BCUT2D eigenvalue weighted by molar-refractivity contribution is 7.80. The number of thiocarbonyl (C=S) groups is 1. The van der Waals surface area contributed by atoms with Crippen LogP contribution in [0.2, 0.25) is 10.0 Å². The van der Waals surface area contributed by atoms with Crippen LogP contribution in [0, 0.1) is 0 Å². The summed E-state index contributed by atoms with van der Waals surface area (Å²) in [6.45, 7) is 2.33. The zero-order chi connectivity index (χ0) is 23.8. The molecule has 0 unspecified atom stereocenters. The van der Waals surface area contributed by atoms with Crippen LogP contribution in [0.3, 0.4) is 0 Å². The normalized spacial score (nSPS) is 10.4. The van der Waals surface area contributed by atoms with Gasteiger partial charge in [-0.1, -0.05) is 59.6 Å². The van der Waals surface area contributed by atoms with Crippen molar-refractivity contribution < 1.29 is 14.3 Å². The first-order valence-corrected chi connectivity index (χ1v) is 11.4. The van der Waals surface area contributed by atoms with Crippen LogP contribution in [0.4, 0.5) is 5.69 Å². The number of benzene rings is 3. The molecule has 0 saturated heterocycles. The second-order valence-electron chi connectivity index (χ2n) is 7.10. The van der Waals surface area contributed by atoms with E-state index < -0.39 is 5.97 Å². The van der Waals surface area contributed by atoms with Crippen LogP contribution >= 0.6 is 35.4 Å². The van der Waals surface area contributed by atoms with Gasteiger partial charge in [-0.15, -0.1) is 0 Å². The van der Waals surface area contributed by atoms with E-state index in [9.17, 15) is 9.59 Å². The maximum atomic E-state index is 12.6. The van der Waals surface area contributed by atoms with Crippen LogP contribution < -0.4 is 10.2 Å². The monoisotopic (exact) mass is 500 g/mol. The average molecular weight is 501 g/mol. The fourth-order valence-corrected chi connectivity index (χ4v) is 3.86. The molecule has 8 heteroatoms. The zero-order valence-corrected chi connectivity index (χ0v) is 20.2. The number of hydrogen-bond acceptors (Lipinski definition) is 4. The van der Waals surface area contributed by atoms with Gasteiger partial charge >= 0.3 is 5.97 Å². The molecule has 0 bridgehead atoms. The lowest BCUT2D eigenvalue weighted by Gasteiger charge is -2.26. The van der Waals surface area contributed by atoms with E-state index in [4.69, 9.17) is 40.2 Å². The molecule has 0 radical (unpaired) electrons. The van der Waals surface area contributed by atoms with Gasteiger partial charge in [-0.05, 0) is 66.7 Å². The van der Waals surface area contributed by atoms with Crippen molar-refractivity contribution in [3.8, 4) is 0 Å². The van der Waals surface area contributed by atoms with Gasteiger partial charge in [0.25, 0.3) is 0 Å². The Morgan fingerprint density at radius 2 is 1.70 bits per heavy atom. The molecule has 0 aliphatic rings. The number of carbonyl (C=O) groups is 2. The van der Waals surface area contributed by atoms with Crippen LogP contribution in [0.5, 0.6) is 0 Å². The smallest absolute Gasteiger partial charge is 0.338 e. The Labute approximate surface area is 208 Å². The van der Waals surface area contributed by atoms with E-state index in [1.54, 1.807) is 54.3 Å². The van der Waals surface area contributed by atoms with Gasteiger partial charge in [-0.3, -0.25) is 4.79 Å². The van der Waals surface area contributed by atoms with Crippen LogP contribution in [0.15, 0.2) is 72.8 Å². The second kappa shape index (κ2) is 11.8. The number of carbonyl (C=O) groups excluding carboxylic acids is 2. The molecule has 0 spiro atoms. The number of nitrogens with one attached hydrogen (secondary N) is 1. The number of hydrogen-bond donors (Lipinski definition) is 1. The average Bonchev–Trinajstić information content (AvgIpc) is 2.79. The maximum Gasteiger partial charge on any atom is 0.338 e. The van der Waals surface area contributed by atoms with Crippen LogP contribution in [-0.2, 0) is 22.5 Å². The van der Waals surface area contributed by atoms with Crippen molar-refractivity contribution in [2.75, 3.05) is 11.5 Å². The van der Waals surface area contributed by atoms with Crippen LogP contribution in [0.1, 0.15) is 28.4 Å². The molecular formula is C25H22Cl2N2O3S. The molecular weight excluding hydrogens is 479 g/mol. The molecule has 5 nitrogen and oxygen atoms in total.